The van der Waals surface area contributed by atoms with Crippen molar-refractivity contribution in [1.29, 1.82) is 0 Å². The van der Waals surface area contributed by atoms with Crippen LogP contribution >= 0.6 is 0 Å². The number of halogens is 3. The Labute approximate surface area is 196 Å². The Bertz CT molecular complexity index is 1450. The van der Waals surface area contributed by atoms with Gasteiger partial charge in [0.1, 0.15) is 0 Å². The third kappa shape index (κ3) is 4.56. The maximum absolute atomic E-state index is 13.5. The molecule has 0 fully saturated rings. The van der Waals surface area contributed by atoms with Crippen molar-refractivity contribution in [1.82, 2.24) is 9.55 Å². The minimum Gasteiger partial charge on any atom is -0.478 e. The van der Waals surface area contributed by atoms with Crippen molar-refractivity contribution >= 4 is 17.3 Å². The van der Waals surface area contributed by atoms with Crippen LogP contribution in [0.4, 0.5) is 24.5 Å². The molecule has 35 heavy (non-hydrogen) atoms. The first-order valence-corrected chi connectivity index (χ1v) is 10.1. The van der Waals surface area contributed by atoms with Crippen LogP contribution in [0.2, 0.25) is 0 Å². The first kappa shape index (κ1) is 23.5. The van der Waals surface area contributed by atoms with Crippen molar-refractivity contribution in [2.75, 3.05) is 12.4 Å². The summed E-state index contributed by atoms with van der Waals surface area (Å²) in [4.78, 5) is 26.8. The van der Waals surface area contributed by atoms with E-state index in [0.717, 1.165) is 12.1 Å². The number of carbonyl (C=O) groups is 1. The van der Waals surface area contributed by atoms with Crippen molar-refractivity contribution in [2.24, 2.45) is 0 Å². The molecule has 4 aromatic rings. The number of aromatic nitrogens is 2. The summed E-state index contributed by atoms with van der Waals surface area (Å²) >= 11 is 0. The number of nitrogens with zero attached hydrogens (tertiary/aromatic N) is 3. The maximum atomic E-state index is 13.5. The molecule has 0 aliphatic carbocycles. The number of carboxylic acid groups (broad SMARTS) is 1. The van der Waals surface area contributed by atoms with Crippen LogP contribution in [0.25, 0.3) is 28.1 Å². The van der Waals surface area contributed by atoms with Gasteiger partial charge in [-0.3, -0.25) is 10.1 Å². The molecule has 0 spiro atoms. The summed E-state index contributed by atoms with van der Waals surface area (Å²) in [6.45, 7) is 0. The second-order valence-corrected chi connectivity index (χ2v) is 7.48. The molecule has 0 amide bonds. The molecule has 3 aromatic carbocycles. The number of rotatable bonds is 6. The van der Waals surface area contributed by atoms with Gasteiger partial charge in [0, 0.05) is 30.9 Å². The minimum atomic E-state index is -4.64. The quantitative estimate of drug-likeness (QED) is 0.263. The summed E-state index contributed by atoms with van der Waals surface area (Å²) in [5, 5.41) is 23.8. The van der Waals surface area contributed by atoms with E-state index in [1.807, 2.05) is 0 Å². The number of hydrogen-bond acceptors (Lipinski definition) is 5. The highest BCUT2D eigenvalue weighted by Gasteiger charge is 2.32. The van der Waals surface area contributed by atoms with E-state index < -0.39 is 22.6 Å². The predicted octanol–water partition coefficient (Wildman–Crippen LogP) is 5.87. The van der Waals surface area contributed by atoms with Gasteiger partial charge in [-0.05, 0) is 35.4 Å². The second-order valence-electron chi connectivity index (χ2n) is 7.48. The molecule has 0 saturated carbocycles. The summed E-state index contributed by atoms with van der Waals surface area (Å²) in [6.07, 6.45) is -1.76. The van der Waals surface area contributed by atoms with Crippen LogP contribution < -0.4 is 5.32 Å². The van der Waals surface area contributed by atoms with Gasteiger partial charge in [0.25, 0.3) is 5.69 Å². The molecule has 0 radical (unpaired) electrons. The zero-order valence-corrected chi connectivity index (χ0v) is 18.1. The van der Waals surface area contributed by atoms with Gasteiger partial charge in [-0.25, -0.2) is 9.78 Å². The maximum Gasteiger partial charge on any atom is 0.416 e. The smallest absolute Gasteiger partial charge is 0.416 e. The first-order valence-electron chi connectivity index (χ1n) is 10.1. The van der Waals surface area contributed by atoms with Crippen LogP contribution in [-0.2, 0) is 6.18 Å². The summed E-state index contributed by atoms with van der Waals surface area (Å²) in [7, 11) is 1.64. The van der Waals surface area contributed by atoms with E-state index >= 15 is 0 Å². The Balaban J connectivity index is 1.91. The van der Waals surface area contributed by atoms with Gasteiger partial charge in [0.05, 0.1) is 39.4 Å². The van der Waals surface area contributed by atoms with E-state index in [2.05, 4.69) is 10.3 Å². The number of carboxylic acids is 1. The van der Waals surface area contributed by atoms with Gasteiger partial charge in [0.2, 0.25) is 0 Å². The van der Waals surface area contributed by atoms with Crippen molar-refractivity contribution < 1.29 is 28.0 Å². The summed E-state index contributed by atoms with van der Waals surface area (Å²) in [5.41, 5.74) is 0.362. The fourth-order valence-electron chi connectivity index (χ4n) is 3.72. The molecule has 8 nitrogen and oxygen atoms in total. The number of hydrogen-bond donors (Lipinski definition) is 2. The Hall–Kier alpha value is -4.67. The zero-order chi connectivity index (χ0) is 25.3. The fraction of sp³-hybridized carbons (Fsp3) is 0.0833. The fourth-order valence-corrected chi connectivity index (χ4v) is 3.72. The molecule has 0 aliphatic rings. The van der Waals surface area contributed by atoms with Crippen LogP contribution in [0, 0.1) is 10.1 Å². The normalized spacial score (nSPS) is 11.3. The molecule has 0 bridgehead atoms. The first-order chi connectivity index (χ1) is 16.6. The molecule has 1 heterocycles. The SMILES string of the molecule is CNc1ccc([N+](=O)[O-])cc1-n1cnc(-c2ccc(C(F)(F)F)cc2-c2ccccc2C(=O)O)c1. The van der Waals surface area contributed by atoms with Gasteiger partial charge in [-0.2, -0.15) is 13.2 Å². The summed E-state index contributed by atoms with van der Waals surface area (Å²) < 4.78 is 42.0. The van der Waals surface area contributed by atoms with Crippen LogP contribution in [0.5, 0.6) is 0 Å². The zero-order valence-electron chi connectivity index (χ0n) is 18.1. The Morgan fingerprint density at radius 1 is 1.06 bits per heavy atom. The lowest BCUT2D eigenvalue weighted by Crippen LogP contribution is -2.06. The van der Waals surface area contributed by atoms with Gasteiger partial charge >= 0.3 is 12.1 Å². The second kappa shape index (κ2) is 8.93. The number of non-ortho nitro benzene ring substituents is 1. The number of nitrogens with one attached hydrogen (secondary N) is 1. The lowest BCUT2D eigenvalue weighted by Gasteiger charge is -2.14. The van der Waals surface area contributed by atoms with E-state index in [-0.39, 0.29) is 33.6 Å². The average molecular weight is 482 g/mol. The molecule has 0 aliphatic heterocycles. The largest absolute Gasteiger partial charge is 0.478 e. The molecule has 0 unspecified atom stereocenters. The standard InChI is InChI=1S/C24H17F3N4O4/c1-28-20-9-7-15(31(34)35)11-22(20)30-12-21(29-13-30)17-8-6-14(24(25,26)27)10-19(17)16-4-2-3-5-18(16)23(32)33/h2-13,28H,1H3,(H,32,33). The number of imidazole rings is 1. The number of benzene rings is 3. The molecular formula is C24H17F3N4O4. The molecule has 11 heteroatoms. The summed E-state index contributed by atoms with van der Waals surface area (Å²) in [6, 6.07) is 13.0. The van der Waals surface area contributed by atoms with Crippen LogP contribution in [0.1, 0.15) is 15.9 Å². The lowest BCUT2D eigenvalue weighted by atomic mass is 9.92. The Morgan fingerprint density at radius 3 is 2.46 bits per heavy atom. The Morgan fingerprint density at radius 2 is 1.80 bits per heavy atom. The third-order valence-electron chi connectivity index (χ3n) is 5.39. The van der Waals surface area contributed by atoms with E-state index in [9.17, 15) is 33.2 Å². The van der Waals surface area contributed by atoms with Crippen molar-refractivity contribution in [3.8, 4) is 28.1 Å². The number of nitro benzene ring substituents is 1. The number of aromatic carboxylic acids is 1. The van der Waals surface area contributed by atoms with Crippen molar-refractivity contribution in [2.45, 2.75) is 6.18 Å². The predicted molar refractivity (Wildman–Crippen MR) is 123 cm³/mol. The highest BCUT2D eigenvalue weighted by Crippen LogP contribution is 2.39. The molecule has 0 atom stereocenters. The van der Waals surface area contributed by atoms with Crippen LogP contribution in [-0.4, -0.2) is 32.6 Å². The average Bonchev–Trinajstić information content (AvgIpc) is 3.32. The highest BCUT2D eigenvalue weighted by atomic mass is 19.4. The molecule has 4 rings (SSSR count). The van der Waals surface area contributed by atoms with Crippen molar-refractivity contribution in [3.63, 3.8) is 0 Å². The topological polar surface area (TPSA) is 110 Å². The van der Waals surface area contributed by atoms with Crippen LogP contribution in [0.3, 0.4) is 0 Å². The molecule has 178 valence electrons. The number of nitro groups is 1. The molecule has 1 aromatic heterocycles. The molecule has 2 N–H and O–H groups in total. The van der Waals surface area contributed by atoms with Crippen molar-refractivity contribution in [3.05, 3.63) is 94.4 Å². The molecule has 0 saturated heterocycles. The summed E-state index contributed by atoms with van der Waals surface area (Å²) in [5.74, 6) is -1.29. The number of anilines is 1. The van der Waals surface area contributed by atoms with E-state index in [1.165, 1.54) is 65.6 Å². The van der Waals surface area contributed by atoms with Gasteiger partial charge in [-0.15, -0.1) is 0 Å². The van der Waals surface area contributed by atoms with Crippen LogP contribution in [0.15, 0.2) is 73.2 Å². The Kier molecular flexibility index (Phi) is 6.00. The monoisotopic (exact) mass is 482 g/mol. The van der Waals surface area contributed by atoms with Gasteiger partial charge < -0.3 is 15.0 Å². The third-order valence-corrected chi connectivity index (χ3v) is 5.39. The minimum absolute atomic E-state index is 0.0379. The van der Waals surface area contributed by atoms with E-state index in [0.29, 0.717) is 11.4 Å². The van der Waals surface area contributed by atoms with E-state index in [4.69, 9.17) is 0 Å². The van der Waals surface area contributed by atoms with E-state index in [1.54, 1.807) is 7.05 Å². The molecular weight excluding hydrogens is 465 g/mol. The van der Waals surface area contributed by atoms with Gasteiger partial charge in [0.15, 0.2) is 0 Å². The number of alkyl halides is 3. The van der Waals surface area contributed by atoms with Gasteiger partial charge in [-0.1, -0.05) is 24.3 Å². The lowest BCUT2D eigenvalue weighted by molar-refractivity contribution is -0.384. The highest BCUT2D eigenvalue weighted by molar-refractivity contribution is 5.98.